The molecule has 1 aromatic rings. The number of carbonyl (C=O) groups excluding carboxylic acids is 1. The average Bonchev–Trinajstić information content (AvgIpc) is 2.93. The summed E-state index contributed by atoms with van der Waals surface area (Å²) in [5.74, 6) is -0.218. The molecule has 0 saturated heterocycles. The highest BCUT2D eigenvalue weighted by atomic mass is 19.1. The molecule has 0 radical (unpaired) electrons. The Morgan fingerprint density at radius 3 is 2.85 bits per heavy atom. The van der Waals surface area contributed by atoms with Crippen LogP contribution in [-0.2, 0) is 0 Å². The van der Waals surface area contributed by atoms with Gasteiger partial charge in [0.2, 0.25) is 0 Å². The summed E-state index contributed by atoms with van der Waals surface area (Å²) in [5, 5.41) is 0. The van der Waals surface area contributed by atoms with E-state index in [1.165, 1.54) is 18.2 Å². The Hall–Kier alpha value is -1.38. The minimum atomic E-state index is -0.405. The number of benzene rings is 1. The van der Waals surface area contributed by atoms with E-state index in [9.17, 15) is 9.18 Å². The van der Waals surface area contributed by atoms with Crippen LogP contribution in [0.4, 0.5) is 4.39 Å². The van der Waals surface area contributed by atoms with Crippen molar-refractivity contribution < 1.29 is 13.9 Å². The minimum absolute atomic E-state index is 0.149. The highest BCUT2D eigenvalue weighted by molar-refractivity contribution is 5.75. The standard InChI is InChI=1S/C10H9FO2/c11-9-4-1-7(6-12)5-10(9)13-8-2-3-8/h1,4-6,8H,2-3H2. The molecule has 2 rings (SSSR count). The number of hydrogen-bond donors (Lipinski definition) is 0. The van der Waals surface area contributed by atoms with Crippen molar-refractivity contribution in [1.29, 1.82) is 0 Å². The van der Waals surface area contributed by atoms with Gasteiger partial charge in [-0.05, 0) is 31.0 Å². The molecule has 0 aliphatic heterocycles. The van der Waals surface area contributed by atoms with E-state index in [0.29, 0.717) is 11.8 Å². The summed E-state index contributed by atoms with van der Waals surface area (Å²) in [6.45, 7) is 0. The SMILES string of the molecule is O=Cc1ccc(F)c(OC2CC2)c1. The molecule has 1 fully saturated rings. The van der Waals surface area contributed by atoms with Crippen LogP contribution in [0.1, 0.15) is 23.2 Å². The van der Waals surface area contributed by atoms with Crippen LogP contribution >= 0.6 is 0 Å². The van der Waals surface area contributed by atoms with Crippen LogP contribution < -0.4 is 4.74 Å². The lowest BCUT2D eigenvalue weighted by Gasteiger charge is -2.05. The molecule has 0 aromatic heterocycles. The summed E-state index contributed by atoms with van der Waals surface area (Å²) >= 11 is 0. The first-order valence-electron chi connectivity index (χ1n) is 4.21. The monoisotopic (exact) mass is 180 g/mol. The van der Waals surface area contributed by atoms with Crippen molar-refractivity contribution in [2.75, 3.05) is 0 Å². The number of rotatable bonds is 3. The van der Waals surface area contributed by atoms with E-state index in [2.05, 4.69) is 0 Å². The van der Waals surface area contributed by atoms with E-state index in [4.69, 9.17) is 4.74 Å². The molecule has 1 saturated carbocycles. The molecule has 68 valence electrons. The molecule has 13 heavy (non-hydrogen) atoms. The number of carbonyl (C=O) groups is 1. The Balaban J connectivity index is 2.24. The van der Waals surface area contributed by atoms with Crippen molar-refractivity contribution in [3.63, 3.8) is 0 Å². The fourth-order valence-electron chi connectivity index (χ4n) is 1.05. The van der Waals surface area contributed by atoms with Gasteiger partial charge in [-0.1, -0.05) is 0 Å². The third-order valence-corrected chi connectivity index (χ3v) is 1.91. The second kappa shape index (κ2) is 3.17. The molecule has 1 aliphatic carbocycles. The zero-order chi connectivity index (χ0) is 9.26. The fourth-order valence-corrected chi connectivity index (χ4v) is 1.05. The highest BCUT2D eigenvalue weighted by Crippen LogP contribution is 2.28. The molecule has 0 unspecified atom stereocenters. The molecule has 0 atom stereocenters. The lowest BCUT2D eigenvalue weighted by Crippen LogP contribution is -1.98. The molecule has 0 amide bonds. The first kappa shape index (κ1) is 8.23. The first-order chi connectivity index (χ1) is 6.29. The van der Waals surface area contributed by atoms with Crippen molar-refractivity contribution in [1.82, 2.24) is 0 Å². The lowest BCUT2D eigenvalue weighted by atomic mass is 10.2. The normalized spacial score (nSPS) is 15.5. The Labute approximate surface area is 75.3 Å². The van der Waals surface area contributed by atoms with Crippen LogP contribution in [0.3, 0.4) is 0 Å². The van der Waals surface area contributed by atoms with Crippen LogP contribution in [0.5, 0.6) is 5.75 Å². The van der Waals surface area contributed by atoms with Gasteiger partial charge in [-0.15, -0.1) is 0 Å². The minimum Gasteiger partial charge on any atom is -0.487 e. The van der Waals surface area contributed by atoms with Gasteiger partial charge in [0.05, 0.1) is 6.10 Å². The number of hydrogen-bond acceptors (Lipinski definition) is 2. The maximum Gasteiger partial charge on any atom is 0.165 e. The summed E-state index contributed by atoms with van der Waals surface area (Å²) in [6.07, 6.45) is 2.78. The molecule has 1 aromatic carbocycles. The molecule has 0 N–H and O–H groups in total. The molecular weight excluding hydrogens is 171 g/mol. The van der Waals surface area contributed by atoms with E-state index in [0.717, 1.165) is 12.8 Å². The van der Waals surface area contributed by atoms with Crippen molar-refractivity contribution >= 4 is 6.29 Å². The van der Waals surface area contributed by atoms with Crippen LogP contribution in [0, 0.1) is 5.82 Å². The van der Waals surface area contributed by atoms with Gasteiger partial charge < -0.3 is 4.74 Å². The summed E-state index contributed by atoms with van der Waals surface area (Å²) in [5.41, 5.74) is 0.442. The van der Waals surface area contributed by atoms with Gasteiger partial charge in [-0.3, -0.25) is 4.79 Å². The van der Waals surface area contributed by atoms with E-state index in [-0.39, 0.29) is 11.9 Å². The van der Waals surface area contributed by atoms with Gasteiger partial charge in [0.15, 0.2) is 11.6 Å². The predicted molar refractivity (Wildman–Crippen MR) is 45.4 cm³/mol. The topological polar surface area (TPSA) is 26.3 Å². The number of aldehydes is 1. The van der Waals surface area contributed by atoms with Crippen LogP contribution in [-0.4, -0.2) is 12.4 Å². The third-order valence-electron chi connectivity index (χ3n) is 1.91. The second-order valence-electron chi connectivity index (χ2n) is 3.12. The first-order valence-corrected chi connectivity index (χ1v) is 4.21. The van der Waals surface area contributed by atoms with Crippen molar-refractivity contribution in [2.24, 2.45) is 0 Å². The van der Waals surface area contributed by atoms with Crippen molar-refractivity contribution in [3.8, 4) is 5.75 Å². The van der Waals surface area contributed by atoms with Crippen LogP contribution in [0.15, 0.2) is 18.2 Å². The molecule has 1 aliphatic rings. The van der Waals surface area contributed by atoms with Gasteiger partial charge in [0, 0.05) is 5.56 Å². The molecular formula is C10H9FO2. The Morgan fingerprint density at radius 1 is 1.46 bits per heavy atom. The summed E-state index contributed by atoms with van der Waals surface area (Å²) in [6, 6.07) is 4.12. The zero-order valence-corrected chi connectivity index (χ0v) is 7.00. The summed E-state index contributed by atoms with van der Waals surface area (Å²) in [7, 11) is 0. The quantitative estimate of drug-likeness (QED) is 0.666. The third kappa shape index (κ3) is 1.86. The fraction of sp³-hybridized carbons (Fsp3) is 0.300. The number of ether oxygens (including phenoxy) is 1. The predicted octanol–water partition coefficient (Wildman–Crippen LogP) is 2.18. The smallest absolute Gasteiger partial charge is 0.165 e. The Kier molecular flexibility index (Phi) is 2.00. The maximum absolute atomic E-state index is 13.1. The Morgan fingerprint density at radius 2 is 2.23 bits per heavy atom. The highest BCUT2D eigenvalue weighted by Gasteiger charge is 2.24. The zero-order valence-electron chi connectivity index (χ0n) is 7.00. The maximum atomic E-state index is 13.1. The van der Waals surface area contributed by atoms with Gasteiger partial charge in [0.25, 0.3) is 0 Å². The largest absolute Gasteiger partial charge is 0.487 e. The van der Waals surface area contributed by atoms with Crippen molar-refractivity contribution in [2.45, 2.75) is 18.9 Å². The molecule has 3 heteroatoms. The molecule has 0 bridgehead atoms. The average molecular weight is 180 g/mol. The van der Waals surface area contributed by atoms with Gasteiger partial charge in [0.1, 0.15) is 6.29 Å². The van der Waals surface area contributed by atoms with Gasteiger partial charge >= 0.3 is 0 Å². The van der Waals surface area contributed by atoms with Gasteiger partial charge in [-0.2, -0.15) is 0 Å². The summed E-state index contributed by atoms with van der Waals surface area (Å²) in [4.78, 5) is 10.4. The van der Waals surface area contributed by atoms with E-state index in [1.54, 1.807) is 0 Å². The molecule has 2 nitrogen and oxygen atoms in total. The van der Waals surface area contributed by atoms with E-state index in [1.807, 2.05) is 0 Å². The van der Waals surface area contributed by atoms with Crippen LogP contribution in [0.25, 0.3) is 0 Å². The van der Waals surface area contributed by atoms with Crippen molar-refractivity contribution in [3.05, 3.63) is 29.6 Å². The number of halogens is 1. The second-order valence-corrected chi connectivity index (χ2v) is 3.12. The van der Waals surface area contributed by atoms with Gasteiger partial charge in [-0.25, -0.2) is 4.39 Å². The van der Waals surface area contributed by atoms with Crippen LogP contribution in [0.2, 0.25) is 0 Å². The lowest BCUT2D eigenvalue weighted by molar-refractivity contribution is 0.112. The van der Waals surface area contributed by atoms with E-state index < -0.39 is 5.82 Å². The van der Waals surface area contributed by atoms with E-state index >= 15 is 0 Å². The Bertz CT molecular complexity index is 332. The molecule has 0 spiro atoms. The molecule has 0 heterocycles. The summed E-state index contributed by atoms with van der Waals surface area (Å²) < 4.78 is 18.3.